The fourth-order valence-electron chi connectivity index (χ4n) is 5.33. The number of methoxy groups -OCH3 is 1. The molecule has 0 fully saturated rings. The van der Waals surface area contributed by atoms with E-state index in [0.717, 1.165) is 16.0 Å². The number of carbonyl (C=O) groups is 3. The van der Waals surface area contributed by atoms with Crippen LogP contribution in [-0.4, -0.2) is 44.3 Å². The number of carbonyl (C=O) groups excluding carboxylic acids is 3. The van der Waals surface area contributed by atoms with E-state index < -0.39 is 29.7 Å². The lowest BCUT2D eigenvalue weighted by molar-refractivity contribution is -0.152. The zero-order valence-electron chi connectivity index (χ0n) is 22.3. The second-order valence-corrected chi connectivity index (χ2v) is 10.0. The molecule has 8 heteroatoms. The number of ketones is 1. The van der Waals surface area contributed by atoms with E-state index in [4.69, 9.17) is 14.2 Å². The smallest absolute Gasteiger partial charge is 0.336 e. The van der Waals surface area contributed by atoms with Gasteiger partial charge in [-0.1, -0.05) is 24.3 Å². The van der Waals surface area contributed by atoms with Gasteiger partial charge in [-0.2, -0.15) is 0 Å². The monoisotopic (exact) mass is 535 g/mol. The first-order valence-corrected chi connectivity index (χ1v) is 13.9. The Bertz CT molecular complexity index is 1300. The van der Waals surface area contributed by atoms with Gasteiger partial charge in [0, 0.05) is 33.7 Å². The third-order valence-corrected chi connectivity index (χ3v) is 7.77. The van der Waals surface area contributed by atoms with E-state index in [1.165, 1.54) is 0 Å². The second-order valence-electron chi connectivity index (χ2n) is 9.16. The van der Waals surface area contributed by atoms with Crippen molar-refractivity contribution < 1.29 is 28.6 Å². The molecule has 0 saturated carbocycles. The maximum Gasteiger partial charge on any atom is 0.336 e. The minimum atomic E-state index is -1.06. The van der Waals surface area contributed by atoms with Gasteiger partial charge in [-0.3, -0.25) is 9.59 Å². The van der Waals surface area contributed by atoms with Gasteiger partial charge in [0.2, 0.25) is 0 Å². The number of hydrogen-bond acceptors (Lipinski definition) is 8. The molecule has 4 rings (SSSR count). The Labute approximate surface area is 227 Å². The Morgan fingerprint density at radius 3 is 2.37 bits per heavy atom. The molecule has 7 nitrogen and oxygen atoms in total. The number of nitrogens with one attached hydrogen (secondary N) is 1. The highest BCUT2D eigenvalue weighted by Gasteiger charge is 2.49. The number of thioether (sulfide) groups is 1. The summed E-state index contributed by atoms with van der Waals surface area (Å²) < 4.78 is 16.2. The molecular formula is C30H33NO6S. The molecule has 38 heavy (non-hydrogen) atoms. The molecule has 2 aromatic carbocycles. The molecule has 200 valence electrons. The number of Topliss-reactive ketones (excluding diaryl/α,β-unsaturated/α-hetero) is 1. The highest BCUT2D eigenvalue weighted by molar-refractivity contribution is 7.98. The van der Waals surface area contributed by atoms with E-state index in [2.05, 4.69) is 5.32 Å². The highest BCUT2D eigenvalue weighted by atomic mass is 32.2. The molecule has 0 aromatic heterocycles. The lowest BCUT2D eigenvalue weighted by Gasteiger charge is -2.39. The van der Waals surface area contributed by atoms with Crippen molar-refractivity contribution in [2.45, 2.75) is 43.9 Å². The van der Waals surface area contributed by atoms with Crippen LogP contribution in [0.3, 0.4) is 0 Å². The summed E-state index contributed by atoms with van der Waals surface area (Å²) >= 11 is 1.61. The minimum Gasteiger partial charge on any atom is -0.497 e. The summed E-state index contributed by atoms with van der Waals surface area (Å²) in [5, 5.41) is 3.33. The molecule has 1 heterocycles. The Balaban J connectivity index is 1.89. The van der Waals surface area contributed by atoms with Crippen LogP contribution in [0.25, 0.3) is 0 Å². The minimum absolute atomic E-state index is 0.157. The largest absolute Gasteiger partial charge is 0.497 e. The average molecular weight is 536 g/mol. The standard InChI is InChI=1S/C30H33NO6S/c1-6-36-29(33)24-17(3)31-23-16-22(19-9-8-10-20(15-19)35-4)26(30(34)37-7-2)28(32)27(23)25(24)18-11-13-21(38-5)14-12-18/h8-15,22,25-26,31H,6-7,16H2,1-5H3/t22-,25+,26-/m1/s1. The molecule has 0 saturated heterocycles. The van der Waals surface area contributed by atoms with Gasteiger partial charge in [0.15, 0.2) is 5.78 Å². The number of dihydropyridines is 1. The molecule has 0 unspecified atom stereocenters. The zero-order valence-corrected chi connectivity index (χ0v) is 23.1. The molecule has 0 radical (unpaired) electrons. The first-order valence-electron chi connectivity index (χ1n) is 12.7. The molecule has 3 atom stereocenters. The maximum absolute atomic E-state index is 14.3. The number of ether oxygens (including phenoxy) is 3. The van der Waals surface area contributed by atoms with E-state index in [9.17, 15) is 14.4 Å². The Kier molecular flexibility index (Phi) is 8.62. The zero-order chi connectivity index (χ0) is 27.4. The Morgan fingerprint density at radius 1 is 1.03 bits per heavy atom. The normalized spacial score (nSPS) is 21.0. The van der Waals surface area contributed by atoms with Gasteiger partial charge >= 0.3 is 11.9 Å². The maximum atomic E-state index is 14.3. The van der Waals surface area contributed by atoms with Crippen molar-refractivity contribution in [1.29, 1.82) is 0 Å². The summed E-state index contributed by atoms with van der Waals surface area (Å²) in [6.07, 6.45) is 2.38. The molecule has 2 aromatic rings. The summed E-state index contributed by atoms with van der Waals surface area (Å²) in [6.45, 7) is 5.65. The fourth-order valence-corrected chi connectivity index (χ4v) is 5.74. The van der Waals surface area contributed by atoms with Gasteiger partial charge in [0.05, 0.1) is 25.9 Å². The third-order valence-electron chi connectivity index (χ3n) is 7.03. The van der Waals surface area contributed by atoms with Gasteiger partial charge in [-0.05, 0) is 68.8 Å². The van der Waals surface area contributed by atoms with Crippen LogP contribution in [0.4, 0.5) is 0 Å². The van der Waals surface area contributed by atoms with Crippen LogP contribution < -0.4 is 10.1 Å². The van der Waals surface area contributed by atoms with E-state index >= 15 is 0 Å². The summed E-state index contributed by atoms with van der Waals surface area (Å²) in [5.74, 6) is -2.95. The van der Waals surface area contributed by atoms with E-state index in [1.54, 1.807) is 32.7 Å². The van der Waals surface area contributed by atoms with Crippen molar-refractivity contribution in [3.05, 3.63) is 82.2 Å². The number of benzene rings is 2. The molecule has 2 aliphatic rings. The van der Waals surface area contributed by atoms with Crippen molar-refractivity contribution in [3.8, 4) is 5.75 Å². The van der Waals surface area contributed by atoms with Crippen molar-refractivity contribution in [2.24, 2.45) is 5.92 Å². The van der Waals surface area contributed by atoms with E-state index in [1.807, 2.05) is 61.7 Å². The topological polar surface area (TPSA) is 90.9 Å². The summed E-state index contributed by atoms with van der Waals surface area (Å²) in [5.41, 5.74) is 3.71. The molecular weight excluding hydrogens is 502 g/mol. The van der Waals surface area contributed by atoms with Gasteiger partial charge in [-0.25, -0.2) is 4.79 Å². The average Bonchev–Trinajstić information content (AvgIpc) is 2.92. The van der Waals surface area contributed by atoms with Gasteiger partial charge in [-0.15, -0.1) is 11.8 Å². The second kappa shape index (κ2) is 11.9. The van der Waals surface area contributed by atoms with Crippen LogP contribution in [0, 0.1) is 5.92 Å². The third kappa shape index (κ3) is 5.23. The number of esters is 2. The first-order chi connectivity index (χ1) is 18.3. The van der Waals surface area contributed by atoms with Crippen LogP contribution in [-0.2, 0) is 23.9 Å². The Hall–Kier alpha value is -3.52. The molecule has 0 bridgehead atoms. The molecule has 1 aliphatic heterocycles. The summed E-state index contributed by atoms with van der Waals surface area (Å²) in [6, 6.07) is 15.2. The van der Waals surface area contributed by atoms with Crippen molar-refractivity contribution >= 4 is 29.5 Å². The van der Waals surface area contributed by atoms with Crippen molar-refractivity contribution in [3.63, 3.8) is 0 Å². The van der Waals surface area contributed by atoms with Crippen LogP contribution in [0.2, 0.25) is 0 Å². The van der Waals surface area contributed by atoms with Crippen LogP contribution in [0.5, 0.6) is 5.75 Å². The van der Waals surface area contributed by atoms with Crippen LogP contribution in [0.1, 0.15) is 50.2 Å². The van der Waals surface area contributed by atoms with Gasteiger partial charge < -0.3 is 19.5 Å². The van der Waals surface area contributed by atoms with Crippen molar-refractivity contribution in [2.75, 3.05) is 26.6 Å². The molecule has 0 amide bonds. The SMILES string of the molecule is CCOC(=O)C1=C(C)NC2=C(C(=O)[C@H](C(=O)OCC)[C@@H](c3cccc(OC)c3)C2)[C@H]1c1ccc(SC)cc1. The lowest BCUT2D eigenvalue weighted by atomic mass is 9.67. The Morgan fingerprint density at radius 2 is 1.74 bits per heavy atom. The molecule has 1 N–H and O–H groups in total. The number of hydrogen-bond donors (Lipinski definition) is 1. The van der Waals surface area contributed by atoms with E-state index in [0.29, 0.717) is 34.7 Å². The quantitative estimate of drug-likeness (QED) is 0.283. The fraction of sp³-hybridized carbons (Fsp3) is 0.367. The number of allylic oxidation sites excluding steroid dienone is 3. The van der Waals surface area contributed by atoms with Gasteiger partial charge in [0.1, 0.15) is 11.7 Å². The highest BCUT2D eigenvalue weighted by Crippen LogP contribution is 2.48. The predicted octanol–water partition coefficient (Wildman–Crippen LogP) is 5.13. The molecule has 0 spiro atoms. The predicted molar refractivity (Wildman–Crippen MR) is 146 cm³/mol. The first kappa shape index (κ1) is 27.5. The van der Waals surface area contributed by atoms with E-state index in [-0.39, 0.29) is 19.0 Å². The molecule has 1 aliphatic carbocycles. The van der Waals surface area contributed by atoms with Crippen LogP contribution in [0.15, 0.2) is 76.0 Å². The van der Waals surface area contributed by atoms with Gasteiger partial charge in [0.25, 0.3) is 0 Å². The summed E-state index contributed by atoms with van der Waals surface area (Å²) in [4.78, 5) is 41.9. The van der Waals surface area contributed by atoms with Crippen molar-refractivity contribution in [1.82, 2.24) is 5.32 Å². The lowest BCUT2D eigenvalue weighted by Crippen LogP contribution is -2.43. The van der Waals surface area contributed by atoms with Crippen LogP contribution >= 0.6 is 11.8 Å². The number of rotatable bonds is 8. The summed E-state index contributed by atoms with van der Waals surface area (Å²) in [7, 11) is 1.58.